The van der Waals surface area contributed by atoms with Crippen molar-refractivity contribution in [2.24, 2.45) is 0 Å². The summed E-state index contributed by atoms with van der Waals surface area (Å²) in [6, 6.07) is 21.3. The molecule has 1 heterocycles. The summed E-state index contributed by atoms with van der Waals surface area (Å²) < 4.78 is 5.35. The van der Waals surface area contributed by atoms with Gasteiger partial charge in [-0.3, -0.25) is 0 Å². The molecule has 0 amide bonds. The van der Waals surface area contributed by atoms with Gasteiger partial charge in [0.2, 0.25) is 0 Å². The Morgan fingerprint density at radius 3 is 2.12 bits per heavy atom. The largest absolute Gasteiger partial charge is 0.497 e. The predicted octanol–water partition coefficient (Wildman–Crippen LogP) is 5.25. The lowest BCUT2D eigenvalue weighted by molar-refractivity contribution is 0.415. The molecule has 0 saturated carbocycles. The Labute approximate surface area is 148 Å². The summed E-state index contributed by atoms with van der Waals surface area (Å²) in [5.74, 6) is 0.943. The lowest BCUT2D eigenvalue weighted by Crippen LogP contribution is -2.44. The third kappa shape index (κ3) is 3.03. The van der Waals surface area contributed by atoms with Crippen LogP contribution in [-0.4, -0.2) is 23.3 Å². The molecule has 0 radical (unpaired) electrons. The van der Waals surface area contributed by atoms with Crippen LogP contribution < -0.4 is 9.92 Å². The molecule has 0 N–H and O–H groups in total. The van der Waals surface area contributed by atoms with E-state index in [-0.39, 0.29) is 0 Å². The van der Waals surface area contributed by atoms with E-state index in [1.807, 2.05) is 0 Å². The van der Waals surface area contributed by atoms with Crippen LogP contribution in [0.25, 0.3) is 5.20 Å². The molecule has 1 aliphatic rings. The Morgan fingerprint density at radius 2 is 1.54 bits per heavy atom. The molecular weight excluding hydrogens is 324 g/mol. The maximum absolute atomic E-state index is 5.35. The molecule has 24 heavy (non-hydrogen) atoms. The van der Waals surface area contributed by atoms with Gasteiger partial charge in [0.1, 0.15) is 13.8 Å². The zero-order chi connectivity index (χ0) is 17.4. The molecule has 2 aromatic rings. The molecule has 126 valence electrons. The smallest absolute Gasteiger partial charge is 0.118 e. The number of allylic oxidation sites excluding steroid dienone is 1. The summed E-state index contributed by atoms with van der Waals surface area (Å²) in [5.41, 5.74) is 1.43. The van der Waals surface area contributed by atoms with Gasteiger partial charge in [0.25, 0.3) is 0 Å². The van der Waals surface area contributed by atoms with Gasteiger partial charge in [0.15, 0.2) is 0 Å². The second-order valence-electron chi connectivity index (χ2n) is 7.96. The van der Waals surface area contributed by atoms with E-state index in [1.54, 1.807) is 22.7 Å². The average Bonchev–Trinajstić information content (AvgIpc) is 2.91. The minimum Gasteiger partial charge on any atom is -0.497 e. The Bertz CT molecular complexity index is 743. The van der Waals surface area contributed by atoms with Crippen molar-refractivity contribution in [2.45, 2.75) is 38.7 Å². The summed E-state index contributed by atoms with van der Waals surface area (Å²) in [7, 11) is -1.25. The first kappa shape index (κ1) is 17.2. The maximum Gasteiger partial charge on any atom is 0.118 e. The van der Waals surface area contributed by atoms with Gasteiger partial charge >= 0.3 is 0 Å². The van der Waals surface area contributed by atoms with Gasteiger partial charge in [-0.05, 0) is 24.1 Å². The zero-order valence-corrected chi connectivity index (χ0v) is 17.5. The number of ether oxygens (including phenoxy) is 1. The Kier molecular flexibility index (Phi) is 4.58. The van der Waals surface area contributed by atoms with Crippen molar-refractivity contribution in [1.29, 1.82) is 0 Å². The van der Waals surface area contributed by atoms with E-state index in [1.165, 1.54) is 18.0 Å². The SMILES string of the molecule is COc1ccc(C2=C([Si](C)(C)c3ccccc3)CC[Si]2(C)C)cc1. The molecular formula is C21H28OSi2. The van der Waals surface area contributed by atoms with Crippen molar-refractivity contribution in [2.75, 3.05) is 7.11 Å². The van der Waals surface area contributed by atoms with Gasteiger partial charge in [-0.1, -0.05) is 90.3 Å². The lowest BCUT2D eigenvalue weighted by Gasteiger charge is -2.29. The molecule has 2 aromatic carbocycles. The van der Waals surface area contributed by atoms with Crippen molar-refractivity contribution in [3.05, 3.63) is 65.4 Å². The van der Waals surface area contributed by atoms with E-state index in [0.717, 1.165) is 5.75 Å². The van der Waals surface area contributed by atoms with Crippen LogP contribution in [0.1, 0.15) is 12.0 Å². The monoisotopic (exact) mass is 352 g/mol. The number of benzene rings is 2. The summed E-state index contributed by atoms with van der Waals surface area (Å²) >= 11 is 0. The van der Waals surface area contributed by atoms with Crippen LogP contribution in [0, 0.1) is 0 Å². The number of rotatable bonds is 4. The Hall–Kier alpha value is -1.59. The Morgan fingerprint density at radius 1 is 0.917 bits per heavy atom. The molecule has 0 unspecified atom stereocenters. The van der Waals surface area contributed by atoms with Crippen molar-refractivity contribution in [1.82, 2.24) is 0 Å². The molecule has 3 rings (SSSR count). The minimum atomic E-state index is -1.62. The summed E-state index contributed by atoms with van der Waals surface area (Å²) in [6.07, 6.45) is 1.29. The lowest BCUT2D eigenvalue weighted by atomic mass is 10.2. The van der Waals surface area contributed by atoms with E-state index in [0.29, 0.717) is 0 Å². The zero-order valence-electron chi connectivity index (χ0n) is 15.5. The van der Waals surface area contributed by atoms with Crippen LogP contribution in [0.4, 0.5) is 0 Å². The van der Waals surface area contributed by atoms with E-state index in [2.05, 4.69) is 80.8 Å². The first-order valence-corrected chi connectivity index (χ1v) is 15.0. The third-order valence-electron chi connectivity index (χ3n) is 5.61. The fraction of sp³-hybridized carbons (Fsp3) is 0.333. The molecule has 1 aliphatic heterocycles. The summed E-state index contributed by atoms with van der Waals surface area (Å²) in [4.78, 5) is 0. The van der Waals surface area contributed by atoms with E-state index >= 15 is 0 Å². The van der Waals surface area contributed by atoms with Gasteiger partial charge in [0, 0.05) is 0 Å². The standard InChI is InChI=1S/C21H28OSi2/c1-22-18-13-11-17(12-14-18)21-20(15-16-23(21,2)3)24(4,5)19-9-7-6-8-10-19/h6-14H,15-16H2,1-5H3. The quantitative estimate of drug-likeness (QED) is 0.682. The minimum absolute atomic E-state index is 0.943. The molecule has 0 saturated heterocycles. The van der Waals surface area contributed by atoms with Gasteiger partial charge in [-0.25, -0.2) is 0 Å². The van der Waals surface area contributed by atoms with Gasteiger partial charge < -0.3 is 4.74 Å². The van der Waals surface area contributed by atoms with Gasteiger partial charge in [0.05, 0.1) is 15.2 Å². The first-order valence-electron chi connectivity index (χ1n) is 8.80. The molecule has 0 aromatic heterocycles. The third-order valence-corrected chi connectivity index (χ3v) is 13.1. The highest BCUT2D eigenvalue weighted by Crippen LogP contribution is 2.44. The molecule has 1 nitrogen and oxygen atoms in total. The molecule has 0 spiro atoms. The second-order valence-corrected chi connectivity index (χ2v) is 17.2. The fourth-order valence-electron chi connectivity index (χ4n) is 4.07. The van der Waals surface area contributed by atoms with Crippen molar-refractivity contribution >= 4 is 26.5 Å². The molecule has 0 atom stereocenters. The molecule has 0 aliphatic carbocycles. The van der Waals surface area contributed by atoms with E-state index < -0.39 is 16.1 Å². The van der Waals surface area contributed by atoms with E-state index in [4.69, 9.17) is 4.74 Å². The van der Waals surface area contributed by atoms with Crippen molar-refractivity contribution in [3.8, 4) is 5.75 Å². The number of hydrogen-bond acceptors (Lipinski definition) is 1. The van der Waals surface area contributed by atoms with Crippen LogP contribution in [0.15, 0.2) is 59.8 Å². The molecule has 0 fully saturated rings. The molecule has 3 heteroatoms. The van der Waals surface area contributed by atoms with Crippen LogP contribution in [-0.2, 0) is 0 Å². The first-order chi connectivity index (χ1) is 11.4. The highest BCUT2D eigenvalue weighted by Gasteiger charge is 2.41. The number of methoxy groups -OCH3 is 1. The predicted molar refractivity (Wildman–Crippen MR) is 110 cm³/mol. The normalized spacial score (nSPS) is 17.2. The topological polar surface area (TPSA) is 9.23 Å². The maximum atomic E-state index is 5.35. The second kappa shape index (κ2) is 6.37. The average molecular weight is 353 g/mol. The van der Waals surface area contributed by atoms with E-state index in [9.17, 15) is 0 Å². The summed E-state index contributed by atoms with van der Waals surface area (Å²) in [5, 5.41) is 5.04. The summed E-state index contributed by atoms with van der Waals surface area (Å²) in [6.45, 7) is 10.1. The van der Waals surface area contributed by atoms with Gasteiger partial charge in [-0.15, -0.1) is 0 Å². The van der Waals surface area contributed by atoms with Crippen molar-refractivity contribution in [3.63, 3.8) is 0 Å². The van der Waals surface area contributed by atoms with Crippen LogP contribution in [0.5, 0.6) is 5.75 Å². The highest BCUT2D eigenvalue weighted by molar-refractivity contribution is 7.04. The fourth-order valence-corrected chi connectivity index (χ4v) is 12.2. The molecule has 0 bridgehead atoms. The van der Waals surface area contributed by atoms with Crippen LogP contribution in [0.3, 0.4) is 0 Å². The Balaban J connectivity index is 2.14. The van der Waals surface area contributed by atoms with Gasteiger partial charge in [-0.2, -0.15) is 0 Å². The number of hydrogen-bond donors (Lipinski definition) is 0. The van der Waals surface area contributed by atoms with Crippen molar-refractivity contribution < 1.29 is 4.74 Å². The highest BCUT2D eigenvalue weighted by atomic mass is 28.3. The van der Waals surface area contributed by atoms with Crippen LogP contribution >= 0.6 is 0 Å². The van der Waals surface area contributed by atoms with Crippen LogP contribution in [0.2, 0.25) is 32.2 Å².